The van der Waals surface area contributed by atoms with Crippen LogP contribution in [-0.2, 0) is 6.42 Å². The van der Waals surface area contributed by atoms with Crippen LogP contribution in [0.2, 0.25) is 0 Å². The second-order valence-electron chi connectivity index (χ2n) is 5.99. The number of carbonyl (C=O) groups is 1. The lowest BCUT2D eigenvalue weighted by molar-refractivity contribution is 0.208. The first-order chi connectivity index (χ1) is 11.1. The Morgan fingerprint density at radius 1 is 1.26 bits per heavy atom. The number of fused-ring (bicyclic) bond motifs is 1. The number of rotatable bonds is 2. The Morgan fingerprint density at radius 2 is 2.00 bits per heavy atom. The number of hydrogen-bond acceptors (Lipinski definition) is 2. The molecule has 23 heavy (non-hydrogen) atoms. The number of carbonyl (C=O) groups excluding carboxylic acids is 1. The first kappa shape index (κ1) is 15.4. The van der Waals surface area contributed by atoms with Crippen LogP contribution in [0.4, 0.5) is 16.2 Å². The molecule has 2 aromatic carbocycles. The summed E-state index contributed by atoms with van der Waals surface area (Å²) in [7, 11) is 0. The molecule has 0 aromatic heterocycles. The smallest absolute Gasteiger partial charge is 0.326 e. The molecule has 1 heterocycles. The van der Waals surface area contributed by atoms with Gasteiger partial charge < -0.3 is 10.1 Å². The number of benzene rings is 2. The second kappa shape index (κ2) is 6.32. The highest BCUT2D eigenvalue weighted by atomic mass is 16.5. The van der Waals surface area contributed by atoms with E-state index in [1.807, 2.05) is 56.3 Å². The van der Waals surface area contributed by atoms with Crippen molar-refractivity contribution in [2.75, 3.05) is 16.8 Å². The molecule has 0 spiro atoms. The van der Waals surface area contributed by atoms with Gasteiger partial charge in [-0.1, -0.05) is 25.1 Å². The standard InChI is InChI=1S/C19H22N2O2/c1-4-15-6-8-16(9-7-15)20-19(22)21-12-14(3)23-18-10-5-13(2)11-17(18)21/h5-11,14H,4,12H2,1-3H3,(H,20,22)/t14-/m1/s1. The molecule has 0 saturated heterocycles. The van der Waals surface area contributed by atoms with E-state index in [0.717, 1.165) is 29.1 Å². The number of urea groups is 1. The van der Waals surface area contributed by atoms with E-state index in [9.17, 15) is 4.79 Å². The van der Waals surface area contributed by atoms with Crippen molar-refractivity contribution in [1.82, 2.24) is 0 Å². The summed E-state index contributed by atoms with van der Waals surface area (Å²) in [6.07, 6.45) is 0.959. The molecule has 0 unspecified atom stereocenters. The molecule has 0 radical (unpaired) electrons. The Hall–Kier alpha value is -2.49. The maximum atomic E-state index is 12.7. The van der Waals surface area contributed by atoms with Gasteiger partial charge in [-0.25, -0.2) is 4.79 Å². The van der Waals surface area contributed by atoms with Crippen LogP contribution < -0.4 is 15.0 Å². The van der Waals surface area contributed by atoms with Gasteiger partial charge in [-0.3, -0.25) is 4.90 Å². The van der Waals surface area contributed by atoms with Crippen LogP contribution in [-0.4, -0.2) is 18.7 Å². The van der Waals surface area contributed by atoms with Crippen molar-refractivity contribution >= 4 is 17.4 Å². The number of ether oxygens (including phenoxy) is 1. The molecule has 0 fully saturated rings. The predicted molar refractivity (Wildman–Crippen MR) is 93.5 cm³/mol. The zero-order valence-corrected chi connectivity index (χ0v) is 13.8. The first-order valence-electron chi connectivity index (χ1n) is 8.01. The van der Waals surface area contributed by atoms with E-state index in [-0.39, 0.29) is 12.1 Å². The van der Waals surface area contributed by atoms with E-state index < -0.39 is 0 Å². The van der Waals surface area contributed by atoms with E-state index in [1.165, 1.54) is 5.56 Å². The van der Waals surface area contributed by atoms with Gasteiger partial charge in [-0.15, -0.1) is 0 Å². The monoisotopic (exact) mass is 310 g/mol. The summed E-state index contributed by atoms with van der Waals surface area (Å²) in [6, 6.07) is 13.7. The molecule has 4 heteroatoms. The minimum Gasteiger partial charge on any atom is -0.487 e. The van der Waals surface area contributed by atoms with Gasteiger partial charge in [0.15, 0.2) is 0 Å². The Kier molecular flexibility index (Phi) is 4.24. The van der Waals surface area contributed by atoms with Crippen LogP contribution in [0.5, 0.6) is 5.75 Å². The third kappa shape index (κ3) is 3.31. The lowest BCUT2D eigenvalue weighted by atomic mass is 10.1. The number of amides is 2. The molecular weight excluding hydrogens is 288 g/mol. The summed E-state index contributed by atoms with van der Waals surface area (Å²) >= 11 is 0. The van der Waals surface area contributed by atoms with Crippen molar-refractivity contribution in [3.8, 4) is 5.75 Å². The van der Waals surface area contributed by atoms with E-state index in [1.54, 1.807) is 4.90 Å². The second-order valence-corrected chi connectivity index (χ2v) is 5.99. The zero-order chi connectivity index (χ0) is 16.4. The van der Waals surface area contributed by atoms with Gasteiger partial charge in [0.1, 0.15) is 11.9 Å². The number of hydrogen-bond donors (Lipinski definition) is 1. The lowest BCUT2D eigenvalue weighted by Crippen LogP contribution is -2.44. The summed E-state index contributed by atoms with van der Waals surface area (Å²) in [4.78, 5) is 14.5. The van der Waals surface area contributed by atoms with Gasteiger partial charge in [-0.05, 0) is 55.7 Å². The first-order valence-corrected chi connectivity index (χ1v) is 8.01. The average Bonchev–Trinajstić information content (AvgIpc) is 2.55. The Balaban J connectivity index is 1.83. The molecule has 1 aliphatic rings. The molecule has 2 aromatic rings. The summed E-state index contributed by atoms with van der Waals surface area (Å²) in [5.41, 5.74) is 3.99. The topological polar surface area (TPSA) is 41.6 Å². The molecule has 3 rings (SSSR count). The molecular formula is C19H22N2O2. The van der Waals surface area contributed by atoms with Crippen molar-refractivity contribution in [2.45, 2.75) is 33.3 Å². The fraction of sp³-hybridized carbons (Fsp3) is 0.316. The van der Waals surface area contributed by atoms with Crippen molar-refractivity contribution in [3.63, 3.8) is 0 Å². The predicted octanol–water partition coefficient (Wildman–Crippen LogP) is 4.38. The maximum absolute atomic E-state index is 12.7. The van der Waals surface area contributed by atoms with Gasteiger partial charge in [0.25, 0.3) is 0 Å². The quantitative estimate of drug-likeness (QED) is 0.894. The fourth-order valence-corrected chi connectivity index (χ4v) is 2.75. The minimum atomic E-state index is -0.128. The molecule has 0 saturated carbocycles. The van der Waals surface area contributed by atoms with Crippen molar-refractivity contribution in [1.29, 1.82) is 0 Å². The minimum absolute atomic E-state index is 0.0292. The van der Waals surface area contributed by atoms with Crippen LogP contribution in [0.15, 0.2) is 42.5 Å². The van der Waals surface area contributed by atoms with Gasteiger partial charge in [0.2, 0.25) is 0 Å². The number of nitrogens with one attached hydrogen (secondary N) is 1. The third-order valence-electron chi connectivity index (χ3n) is 4.03. The van der Waals surface area contributed by atoms with Gasteiger partial charge >= 0.3 is 6.03 Å². The molecule has 0 bridgehead atoms. The normalized spacial score (nSPS) is 16.5. The van der Waals surface area contributed by atoms with Gasteiger partial charge in [-0.2, -0.15) is 0 Å². The van der Waals surface area contributed by atoms with Crippen molar-refractivity contribution < 1.29 is 9.53 Å². The summed E-state index contributed by atoms with van der Waals surface area (Å²) < 4.78 is 5.83. The number of aryl methyl sites for hydroxylation is 2. The number of anilines is 2. The molecule has 1 aliphatic heterocycles. The molecule has 120 valence electrons. The Labute approximate surface area is 137 Å². The largest absolute Gasteiger partial charge is 0.487 e. The molecule has 4 nitrogen and oxygen atoms in total. The summed E-state index contributed by atoms with van der Waals surface area (Å²) in [5, 5.41) is 2.98. The molecule has 0 aliphatic carbocycles. The van der Waals surface area contributed by atoms with Crippen LogP contribution in [0, 0.1) is 6.92 Å². The molecule has 1 N–H and O–H groups in total. The number of nitrogens with zero attached hydrogens (tertiary/aromatic N) is 1. The Bertz CT molecular complexity index is 710. The molecule has 2 amide bonds. The van der Waals surface area contributed by atoms with Crippen LogP contribution >= 0.6 is 0 Å². The lowest BCUT2D eigenvalue weighted by Gasteiger charge is -2.33. The summed E-state index contributed by atoms with van der Waals surface area (Å²) in [5.74, 6) is 0.755. The van der Waals surface area contributed by atoms with E-state index in [2.05, 4.69) is 12.2 Å². The van der Waals surface area contributed by atoms with Gasteiger partial charge in [0.05, 0.1) is 12.2 Å². The highest BCUT2D eigenvalue weighted by molar-refractivity contribution is 6.03. The van der Waals surface area contributed by atoms with Crippen LogP contribution in [0.1, 0.15) is 25.0 Å². The third-order valence-corrected chi connectivity index (χ3v) is 4.03. The van der Waals surface area contributed by atoms with Crippen molar-refractivity contribution in [3.05, 3.63) is 53.6 Å². The van der Waals surface area contributed by atoms with E-state index >= 15 is 0 Å². The summed E-state index contributed by atoms with van der Waals surface area (Å²) in [6.45, 7) is 6.63. The van der Waals surface area contributed by atoms with Crippen LogP contribution in [0.3, 0.4) is 0 Å². The Morgan fingerprint density at radius 3 is 2.70 bits per heavy atom. The highest BCUT2D eigenvalue weighted by Gasteiger charge is 2.27. The zero-order valence-electron chi connectivity index (χ0n) is 13.8. The average molecular weight is 310 g/mol. The van der Waals surface area contributed by atoms with E-state index in [4.69, 9.17) is 4.74 Å². The van der Waals surface area contributed by atoms with E-state index in [0.29, 0.717) is 6.54 Å². The SMILES string of the molecule is CCc1ccc(NC(=O)N2C[C@@H](C)Oc3ccc(C)cc32)cc1. The maximum Gasteiger partial charge on any atom is 0.326 e. The molecule has 1 atom stereocenters. The highest BCUT2D eigenvalue weighted by Crippen LogP contribution is 2.34. The van der Waals surface area contributed by atoms with Crippen molar-refractivity contribution in [2.24, 2.45) is 0 Å². The van der Waals surface area contributed by atoms with Crippen LogP contribution in [0.25, 0.3) is 0 Å². The fourth-order valence-electron chi connectivity index (χ4n) is 2.75. The van der Waals surface area contributed by atoms with Gasteiger partial charge in [0, 0.05) is 5.69 Å².